The number of hydrogen-bond donors (Lipinski definition) is 2. The first-order valence-electron chi connectivity index (χ1n) is 8.12. The van der Waals surface area contributed by atoms with Crippen LogP contribution in [-0.4, -0.2) is 23.4 Å². The molecule has 1 amide bonds. The van der Waals surface area contributed by atoms with Crippen LogP contribution in [0.25, 0.3) is 0 Å². The number of alkyl halides is 3. The number of halogens is 3. The molecule has 27 heavy (non-hydrogen) atoms. The third-order valence-electron chi connectivity index (χ3n) is 3.84. The second-order valence-corrected chi connectivity index (χ2v) is 5.88. The third kappa shape index (κ3) is 5.70. The average molecular weight is 381 g/mol. The molecule has 2 aromatic carbocycles. The van der Waals surface area contributed by atoms with Crippen molar-refractivity contribution in [3.8, 4) is 0 Å². The van der Waals surface area contributed by atoms with Gasteiger partial charge in [0.1, 0.15) is 11.7 Å². The molecule has 0 unspecified atom stereocenters. The van der Waals surface area contributed by atoms with Gasteiger partial charge in [0.2, 0.25) is 5.91 Å². The molecule has 1 atom stereocenters. The average Bonchev–Trinajstić information content (AvgIpc) is 2.61. The zero-order chi connectivity index (χ0) is 20.0. The van der Waals surface area contributed by atoms with Crippen molar-refractivity contribution in [1.29, 1.82) is 0 Å². The number of amides is 1. The molecule has 0 aromatic heterocycles. The lowest BCUT2D eigenvalue weighted by molar-refractivity contribution is -0.384. The van der Waals surface area contributed by atoms with Crippen molar-refractivity contribution in [3.05, 3.63) is 69.8 Å². The van der Waals surface area contributed by atoms with E-state index in [1.54, 1.807) is 0 Å². The van der Waals surface area contributed by atoms with Crippen LogP contribution in [-0.2, 0) is 17.4 Å². The molecular formula is C18H18F3N3O3. The van der Waals surface area contributed by atoms with Crippen molar-refractivity contribution in [3.63, 3.8) is 0 Å². The standard InChI is InChI=1S/C18H18F3N3O3/c1-12(17(25)22-10-9-13-5-3-2-4-6-13)23-15-8-7-14(18(19,20)21)11-16(15)24(26)27/h2-8,11-12,23H,9-10H2,1H3,(H,22,25)/t12-/m0/s1. The first-order chi connectivity index (χ1) is 12.7. The quantitative estimate of drug-likeness (QED) is 0.565. The second kappa shape index (κ2) is 8.52. The number of anilines is 1. The molecule has 0 fully saturated rings. The first kappa shape index (κ1) is 20.2. The Hall–Kier alpha value is -3.10. The largest absolute Gasteiger partial charge is 0.416 e. The molecule has 2 N–H and O–H groups in total. The summed E-state index contributed by atoms with van der Waals surface area (Å²) in [5.41, 5.74) is -0.982. The number of rotatable bonds is 7. The number of nitro groups is 1. The molecule has 0 radical (unpaired) electrons. The number of nitrogens with one attached hydrogen (secondary N) is 2. The van der Waals surface area contributed by atoms with E-state index in [9.17, 15) is 28.1 Å². The molecule has 0 aliphatic heterocycles. The Morgan fingerprint density at radius 2 is 1.85 bits per heavy atom. The Bertz CT molecular complexity index is 810. The third-order valence-corrected chi connectivity index (χ3v) is 3.84. The Morgan fingerprint density at radius 3 is 2.44 bits per heavy atom. The fraction of sp³-hybridized carbons (Fsp3) is 0.278. The summed E-state index contributed by atoms with van der Waals surface area (Å²) >= 11 is 0. The number of nitro benzene ring substituents is 1. The lowest BCUT2D eigenvalue weighted by Crippen LogP contribution is -2.38. The highest BCUT2D eigenvalue weighted by molar-refractivity contribution is 5.85. The highest BCUT2D eigenvalue weighted by Crippen LogP contribution is 2.35. The van der Waals surface area contributed by atoms with Gasteiger partial charge in [0, 0.05) is 12.6 Å². The van der Waals surface area contributed by atoms with Crippen LogP contribution < -0.4 is 10.6 Å². The van der Waals surface area contributed by atoms with Gasteiger partial charge < -0.3 is 10.6 Å². The van der Waals surface area contributed by atoms with Crippen LogP contribution in [0.15, 0.2) is 48.5 Å². The smallest absolute Gasteiger partial charge is 0.368 e. The van der Waals surface area contributed by atoms with Crippen molar-refractivity contribution < 1.29 is 22.9 Å². The van der Waals surface area contributed by atoms with E-state index in [-0.39, 0.29) is 5.69 Å². The van der Waals surface area contributed by atoms with Crippen molar-refractivity contribution in [1.82, 2.24) is 5.32 Å². The van der Waals surface area contributed by atoms with Gasteiger partial charge in [0.15, 0.2) is 0 Å². The minimum atomic E-state index is -4.69. The van der Waals surface area contributed by atoms with E-state index in [1.165, 1.54) is 6.92 Å². The van der Waals surface area contributed by atoms with Gasteiger partial charge in [-0.15, -0.1) is 0 Å². The van der Waals surface area contributed by atoms with Crippen molar-refractivity contribution in [2.24, 2.45) is 0 Å². The molecule has 144 valence electrons. The van der Waals surface area contributed by atoms with E-state index in [0.29, 0.717) is 19.0 Å². The van der Waals surface area contributed by atoms with Gasteiger partial charge in [-0.25, -0.2) is 0 Å². The van der Waals surface area contributed by atoms with Crippen LogP contribution in [0.3, 0.4) is 0 Å². The molecule has 9 heteroatoms. The number of nitrogens with zero attached hydrogens (tertiary/aromatic N) is 1. The number of carbonyl (C=O) groups is 1. The summed E-state index contributed by atoms with van der Waals surface area (Å²) in [6, 6.07) is 10.7. The summed E-state index contributed by atoms with van der Waals surface area (Å²) < 4.78 is 38.2. The summed E-state index contributed by atoms with van der Waals surface area (Å²) in [4.78, 5) is 22.3. The Labute approximate surface area is 153 Å². The summed E-state index contributed by atoms with van der Waals surface area (Å²) in [5.74, 6) is -0.417. The Morgan fingerprint density at radius 1 is 1.19 bits per heavy atom. The Kier molecular flexibility index (Phi) is 6.38. The maximum atomic E-state index is 12.7. The van der Waals surface area contributed by atoms with E-state index in [4.69, 9.17) is 0 Å². The fourth-order valence-corrected chi connectivity index (χ4v) is 2.41. The molecule has 0 aliphatic carbocycles. The lowest BCUT2D eigenvalue weighted by atomic mass is 10.1. The maximum Gasteiger partial charge on any atom is 0.416 e. The lowest BCUT2D eigenvalue weighted by Gasteiger charge is -2.16. The number of hydrogen-bond acceptors (Lipinski definition) is 4. The zero-order valence-corrected chi connectivity index (χ0v) is 14.4. The minimum absolute atomic E-state index is 0.154. The normalized spacial score (nSPS) is 12.3. The van der Waals surface area contributed by atoms with Crippen LogP contribution >= 0.6 is 0 Å². The number of carbonyl (C=O) groups excluding carboxylic acids is 1. The van der Waals surface area contributed by atoms with Crippen molar-refractivity contribution >= 4 is 17.3 Å². The molecule has 6 nitrogen and oxygen atoms in total. The summed E-state index contributed by atoms with van der Waals surface area (Å²) in [5, 5.41) is 16.4. The van der Waals surface area contributed by atoms with E-state index in [1.807, 2.05) is 30.3 Å². The number of benzene rings is 2. The van der Waals surface area contributed by atoms with Gasteiger partial charge >= 0.3 is 6.18 Å². The SMILES string of the molecule is C[C@H](Nc1ccc(C(F)(F)F)cc1[N+](=O)[O-])C(=O)NCCc1ccccc1. The van der Waals surface area contributed by atoms with E-state index in [0.717, 1.165) is 17.7 Å². The fourth-order valence-electron chi connectivity index (χ4n) is 2.41. The topological polar surface area (TPSA) is 84.3 Å². The second-order valence-electron chi connectivity index (χ2n) is 5.88. The van der Waals surface area contributed by atoms with Crippen LogP contribution in [0, 0.1) is 10.1 Å². The molecule has 0 heterocycles. The highest BCUT2D eigenvalue weighted by Gasteiger charge is 2.33. The van der Waals surface area contributed by atoms with E-state index >= 15 is 0 Å². The molecule has 2 aromatic rings. The maximum absolute atomic E-state index is 12.7. The Balaban J connectivity index is 2.00. The zero-order valence-electron chi connectivity index (χ0n) is 14.4. The van der Waals surface area contributed by atoms with Gasteiger partial charge in [-0.2, -0.15) is 13.2 Å². The summed E-state index contributed by atoms with van der Waals surface area (Å²) in [6.45, 7) is 1.84. The highest BCUT2D eigenvalue weighted by atomic mass is 19.4. The van der Waals surface area contributed by atoms with Crippen LogP contribution in [0.1, 0.15) is 18.1 Å². The summed E-state index contributed by atoms with van der Waals surface area (Å²) in [7, 11) is 0. The first-order valence-corrected chi connectivity index (χ1v) is 8.12. The predicted octanol–water partition coefficient (Wildman–Crippen LogP) is 3.77. The monoisotopic (exact) mass is 381 g/mol. The molecule has 0 saturated carbocycles. The van der Waals surface area contributed by atoms with Crippen molar-refractivity contribution in [2.75, 3.05) is 11.9 Å². The van der Waals surface area contributed by atoms with Gasteiger partial charge in [0.25, 0.3) is 5.69 Å². The van der Waals surface area contributed by atoms with Gasteiger partial charge in [-0.1, -0.05) is 30.3 Å². The van der Waals surface area contributed by atoms with Gasteiger partial charge in [0.05, 0.1) is 10.5 Å². The van der Waals surface area contributed by atoms with Crippen LogP contribution in [0.2, 0.25) is 0 Å². The van der Waals surface area contributed by atoms with E-state index in [2.05, 4.69) is 10.6 Å². The van der Waals surface area contributed by atoms with Crippen LogP contribution in [0.5, 0.6) is 0 Å². The minimum Gasteiger partial charge on any atom is -0.368 e. The molecule has 0 spiro atoms. The molecule has 0 saturated heterocycles. The van der Waals surface area contributed by atoms with E-state index < -0.39 is 34.3 Å². The van der Waals surface area contributed by atoms with Gasteiger partial charge in [-0.3, -0.25) is 14.9 Å². The predicted molar refractivity (Wildman–Crippen MR) is 94.3 cm³/mol. The molecule has 2 rings (SSSR count). The molecular weight excluding hydrogens is 363 g/mol. The molecule has 0 bridgehead atoms. The summed E-state index contributed by atoms with van der Waals surface area (Å²) in [6.07, 6.45) is -4.08. The molecule has 0 aliphatic rings. The van der Waals surface area contributed by atoms with Gasteiger partial charge in [-0.05, 0) is 31.0 Å². The van der Waals surface area contributed by atoms with Crippen LogP contribution in [0.4, 0.5) is 24.5 Å². The van der Waals surface area contributed by atoms with Crippen molar-refractivity contribution in [2.45, 2.75) is 25.6 Å².